The average Bonchev–Trinajstić information content (AvgIpc) is 2.38. The van der Waals surface area contributed by atoms with Gasteiger partial charge < -0.3 is 5.11 Å². The Morgan fingerprint density at radius 2 is 1.45 bits per heavy atom. The predicted molar refractivity (Wildman–Crippen MR) is 86.9 cm³/mol. The first-order chi connectivity index (χ1) is 9.63. The van der Waals surface area contributed by atoms with Crippen LogP contribution in [0.3, 0.4) is 0 Å². The summed E-state index contributed by atoms with van der Waals surface area (Å²) >= 11 is 0. The van der Waals surface area contributed by atoms with Crippen LogP contribution in [-0.4, -0.2) is 11.1 Å². The lowest BCUT2D eigenvalue weighted by molar-refractivity contribution is -0.137. The minimum atomic E-state index is -0.677. The van der Waals surface area contributed by atoms with Crippen LogP contribution in [0.4, 0.5) is 0 Å². The number of hydrogen-bond donors (Lipinski definition) is 1. The Balaban J connectivity index is 3.24. The number of aliphatic carboxylic acids is 1. The molecule has 0 fully saturated rings. The molecule has 116 valence electrons. The summed E-state index contributed by atoms with van der Waals surface area (Å²) in [5.41, 5.74) is 0. The molecule has 0 aliphatic rings. The normalized spacial score (nSPS) is 11.9. The van der Waals surface area contributed by atoms with Gasteiger partial charge in [0.15, 0.2) is 0 Å². The fraction of sp³-hybridized carbons (Fsp3) is 0.722. The van der Waals surface area contributed by atoms with E-state index in [-0.39, 0.29) is 0 Å². The van der Waals surface area contributed by atoms with Crippen molar-refractivity contribution in [2.75, 3.05) is 0 Å². The highest BCUT2D eigenvalue weighted by atomic mass is 16.4. The molecule has 0 spiro atoms. The molecule has 0 aliphatic heterocycles. The van der Waals surface area contributed by atoms with Gasteiger partial charge in [-0.15, -0.1) is 0 Å². The fourth-order valence-corrected chi connectivity index (χ4v) is 2.06. The van der Waals surface area contributed by atoms with E-state index in [4.69, 9.17) is 5.11 Å². The van der Waals surface area contributed by atoms with Gasteiger partial charge in [0.25, 0.3) is 0 Å². The first-order valence-corrected chi connectivity index (χ1v) is 8.16. The van der Waals surface area contributed by atoms with Gasteiger partial charge in [-0.3, -0.25) is 4.79 Å². The smallest absolute Gasteiger partial charge is 0.303 e. The van der Waals surface area contributed by atoms with Crippen LogP contribution < -0.4 is 0 Å². The molecule has 0 amide bonds. The van der Waals surface area contributed by atoms with Crippen LogP contribution in [0.5, 0.6) is 0 Å². The number of carbonyl (C=O) groups is 1. The largest absolute Gasteiger partial charge is 0.481 e. The lowest BCUT2D eigenvalue weighted by Gasteiger charge is -2.01. The summed E-state index contributed by atoms with van der Waals surface area (Å²) in [5, 5.41) is 8.50. The third kappa shape index (κ3) is 16.9. The third-order valence-corrected chi connectivity index (χ3v) is 3.30. The minimum absolute atomic E-state index is 0.315. The highest BCUT2D eigenvalue weighted by Crippen LogP contribution is 2.08. The molecule has 0 unspecified atom stereocenters. The monoisotopic (exact) mass is 280 g/mol. The first kappa shape index (κ1) is 18.9. The summed E-state index contributed by atoms with van der Waals surface area (Å²) in [4.78, 5) is 10.3. The van der Waals surface area contributed by atoms with Crippen LogP contribution >= 0.6 is 0 Å². The highest BCUT2D eigenvalue weighted by Gasteiger charge is 1.95. The molecular weight excluding hydrogens is 248 g/mol. The van der Waals surface area contributed by atoms with Crippen LogP contribution in [-0.2, 0) is 4.79 Å². The van der Waals surface area contributed by atoms with Gasteiger partial charge in [-0.25, -0.2) is 0 Å². The Kier molecular flexibility index (Phi) is 13.6. The van der Waals surface area contributed by atoms with Crippen molar-refractivity contribution in [3.8, 4) is 0 Å². The molecule has 2 heteroatoms. The van der Waals surface area contributed by atoms with Crippen LogP contribution in [0.2, 0.25) is 0 Å². The topological polar surface area (TPSA) is 37.3 Å². The van der Waals surface area contributed by atoms with E-state index in [0.29, 0.717) is 6.42 Å². The quantitative estimate of drug-likeness (QED) is 0.345. The average molecular weight is 280 g/mol. The molecule has 0 saturated heterocycles. The molecule has 0 aromatic rings. The second-order valence-corrected chi connectivity index (χ2v) is 5.88. The zero-order valence-corrected chi connectivity index (χ0v) is 13.3. The number of hydrogen-bond acceptors (Lipinski definition) is 1. The van der Waals surface area contributed by atoms with Gasteiger partial charge in [-0.1, -0.05) is 63.8 Å². The molecule has 0 radical (unpaired) electrons. The van der Waals surface area contributed by atoms with E-state index in [1.807, 2.05) is 0 Å². The maximum Gasteiger partial charge on any atom is 0.303 e. The number of unbranched alkanes of at least 4 members (excludes halogenated alkanes) is 6. The van der Waals surface area contributed by atoms with Crippen LogP contribution in [0, 0.1) is 5.92 Å². The Labute approximate surface area is 125 Å². The highest BCUT2D eigenvalue weighted by molar-refractivity contribution is 5.66. The molecule has 0 aliphatic carbocycles. The van der Waals surface area contributed by atoms with Gasteiger partial charge in [-0.2, -0.15) is 0 Å². The van der Waals surface area contributed by atoms with Gasteiger partial charge in [0, 0.05) is 6.42 Å². The lowest BCUT2D eigenvalue weighted by Crippen LogP contribution is -1.93. The molecule has 0 bridgehead atoms. The van der Waals surface area contributed by atoms with E-state index >= 15 is 0 Å². The molecule has 2 nitrogen and oxygen atoms in total. The van der Waals surface area contributed by atoms with Crippen molar-refractivity contribution < 1.29 is 9.90 Å². The molecule has 0 atom stereocenters. The number of rotatable bonds is 13. The van der Waals surface area contributed by atoms with Crippen LogP contribution in [0.15, 0.2) is 24.3 Å². The molecule has 0 aromatic heterocycles. The van der Waals surface area contributed by atoms with Crippen molar-refractivity contribution in [2.45, 2.75) is 78.1 Å². The van der Waals surface area contributed by atoms with Crippen molar-refractivity contribution in [2.24, 2.45) is 5.92 Å². The summed E-state index contributed by atoms with van der Waals surface area (Å²) in [6, 6.07) is 0. The number of carboxylic acid groups (broad SMARTS) is 1. The molecule has 0 rings (SSSR count). The molecule has 20 heavy (non-hydrogen) atoms. The van der Waals surface area contributed by atoms with E-state index < -0.39 is 5.97 Å². The maximum atomic E-state index is 10.3. The van der Waals surface area contributed by atoms with E-state index in [2.05, 4.69) is 38.2 Å². The Hall–Kier alpha value is -1.05. The van der Waals surface area contributed by atoms with Crippen molar-refractivity contribution in [1.29, 1.82) is 0 Å². The van der Waals surface area contributed by atoms with E-state index in [0.717, 1.165) is 31.6 Å². The van der Waals surface area contributed by atoms with Gasteiger partial charge in [0.1, 0.15) is 0 Å². The number of carboxylic acids is 1. The second-order valence-electron chi connectivity index (χ2n) is 5.88. The SMILES string of the molecule is CC(C)CCCC/C=C/C=C/CCCCCCC(=O)O. The summed E-state index contributed by atoms with van der Waals surface area (Å²) in [6.07, 6.45) is 19.5. The summed E-state index contributed by atoms with van der Waals surface area (Å²) < 4.78 is 0. The molecule has 0 saturated carbocycles. The van der Waals surface area contributed by atoms with Crippen molar-refractivity contribution >= 4 is 5.97 Å². The summed E-state index contributed by atoms with van der Waals surface area (Å²) in [5.74, 6) is 0.151. The zero-order valence-electron chi connectivity index (χ0n) is 13.3. The van der Waals surface area contributed by atoms with E-state index in [1.165, 1.54) is 32.1 Å². The van der Waals surface area contributed by atoms with Crippen molar-refractivity contribution in [3.63, 3.8) is 0 Å². The van der Waals surface area contributed by atoms with Crippen molar-refractivity contribution in [3.05, 3.63) is 24.3 Å². The lowest BCUT2D eigenvalue weighted by atomic mass is 10.1. The Morgan fingerprint density at radius 3 is 2.00 bits per heavy atom. The van der Waals surface area contributed by atoms with Crippen LogP contribution in [0.1, 0.15) is 78.1 Å². The zero-order chi connectivity index (χ0) is 15.1. The van der Waals surface area contributed by atoms with Gasteiger partial charge in [-0.05, 0) is 38.0 Å². The Bertz CT molecular complexity index is 277. The minimum Gasteiger partial charge on any atom is -0.481 e. The van der Waals surface area contributed by atoms with E-state index in [9.17, 15) is 4.79 Å². The van der Waals surface area contributed by atoms with Gasteiger partial charge >= 0.3 is 5.97 Å². The molecule has 1 N–H and O–H groups in total. The molecular formula is C18H32O2. The molecule has 0 heterocycles. The molecule has 0 aromatic carbocycles. The second kappa shape index (κ2) is 14.4. The fourth-order valence-electron chi connectivity index (χ4n) is 2.06. The van der Waals surface area contributed by atoms with Crippen LogP contribution in [0.25, 0.3) is 0 Å². The third-order valence-electron chi connectivity index (χ3n) is 3.30. The summed E-state index contributed by atoms with van der Waals surface area (Å²) in [6.45, 7) is 4.56. The first-order valence-electron chi connectivity index (χ1n) is 8.16. The maximum absolute atomic E-state index is 10.3. The standard InChI is InChI=1S/C18H32O2/c1-17(2)15-13-11-9-7-5-3-4-6-8-10-12-14-16-18(19)20/h3-5,7,17H,6,8-16H2,1-2H3,(H,19,20)/b4-3+,7-5+. The summed E-state index contributed by atoms with van der Waals surface area (Å²) in [7, 11) is 0. The van der Waals surface area contributed by atoms with Gasteiger partial charge in [0.2, 0.25) is 0 Å². The Morgan fingerprint density at radius 1 is 0.900 bits per heavy atom. The van der Waals surface area contributed by atoms with Gasteiger partial charge in [0.05, 0.1) is 0 Å². The predicted octanol–water partition coefficient (Wildman–Crippen LogP) is 5.74. The van der Waals surface area contributed by atoms with Crippen molar-refractivity contribution in [1.82, 2.24) is 0 Å². The van der Waals surface area contributed by atoms with E-state index in [1.54, 1.807) is 0 Å². The number of allylic oxidation sites excluding steroid dienone is 4.